The molecule has 0 aliphatic heterocycles. The van der Waals surface area contributed by atoms with Gasteiger partial charge in [0.1, 0.15) is 12.0 Å². The first-order valence-corrected chi connectivity index (χ1v) is 2.57. The van der Waals surface area contributed by atoms with E-state index in [4.69, 9.17) is 0 Å². The number of hydrogen-bond acceptors (Lipinski definition) is 3. The summed E-state index contributed by atoms with van der Waals surface area (Å²) >= 11 is 0. The van der Waals surface area contributed by atoms with Crippen LogP contribution in [0.15, 0.2) is 11.0 Å². The van der Waals surface area contributed by atoms with Crippen LogP contribution in [0.4, 0.5) is 0 Å². The Morgan fingerprint density at radius 3 is 2.78 bits per heavy atom. The summed E-state index contributed by atoms with van der Waals surface area (Å²) in [7, 11) is 1.66. The molecule has 0 saturated carbocycles. The van der Waals surface area contributed by atoms with Gasteiger partial charge in [-0.25, -0.2) is 0 Å². The third kappa shape index (κ3) is 0.960. The van der Waals surface area contributed by atoms with Gasteiger partial charge in [0.2, 0.25) is 0 Å². The van der Waals surface area contributed by atoms with Gasteiger partial charge in [-0.1, -0.05) is 0 Å². The van der Waals surface area contributed by atoms with Crippen molar-refractivity contribution in [3.05, 3.63) is 22.4 Å². The van der Waals surface area contributed by atoms with E-state index in [9.17, 15) is 4.79 Å². The zero-order chi connectivity index (χ0) is 6.85. The van der Waals surface area contributed by atoms with Crippen LogP contribution in [-0.4, -0.2) is 14.8 Å². The zero-order valence-electron chi connectivity index (χ0n) is 5.33. The van der Waals surface area contributed by atoms with Gasteiger partial charge in [-0.15, -0.1) is 5.10 Å². The molecule has 48 valence electrons. The highest BCUT2D eigenvalue weighted by atomic mass is 16.1. The molecule has 0 N–H and O–H groups in total. The standard InChI is InChI=1S/C5H7N3O/c1-4-7-6-3-5(9)8(4)2/h3H,1-2H3. The molecule has 0 atom stereocenters. The summed E-state index contributed by atoms with van der Waals surface area (Å²) in [6, 6.07) is 0. The molecule has 0 aliphatic rings. The fraction of sp³-hybridized carbons (Fsp3) is 0.400. The highest BCUT2D eigenvalue weighted by molar-refractivity contribution is 4.81. The van der Waals surface area contributed by atoms with Crippen LogP contribution in [-0.2, 0) is 7.05 Å². The van der Waals surface area contributed by atoms with Crippen molar-refractivity contribution in [2.45, 2.75) is 6.92 Å². The molecule has 4 heteroatoms. The lowest BCUT2D eigenvalue weighted by Crippen LogP contribution is -2.19. The minimum absolute atomic E-state index is 0.123. The van der Waals surface area contributed by atoms with E-state index in [2.05, 4.69) is 10.2 Å². The second-order valence-corrected chi connectivity index (χ2v) is 1.79. The number of rotatable bonds is 0. The quantitative estimate of drug-likeness (QED) is 0.469. The molecule has 0 radical (unpaired) electrons. The molecule has 1 aromatic rings. The summed E-state index contributed by atoms with van der Waals surface area (Å²) in [5.74, 6) is 0.627. The maximum Gasteiger partial charge on any atom is 0.272 e. The van der Waals surface area contributed by atoms with E-state index >= 15 is 0 Å². The van der Waals surface area contributed by atoms with Gasteiger partial charge in [0.25, 0.3) is 5.56 Å². The SMILES string of the molecule is Cc1nncc(=O)n1C. The Labute approximate surface area is 52.2 Å². The smallest absolute Gasteiger partial charge is 0.272 e. The molecular weight excluding hydrogens is 118 g/mol. The predicted molar refractivity (Wildman–Crippen MR) is 32.0 cm³/mol. The first-order valence-electron chi connectivity index (χ1n) is 2.57. The van der Waals surface area contributed by atoms with E-state index in [1.54, 1.807) is 14.0 Å². The van der Waals surface area contributed by atoms with Crippen LogP contribution in [0, 0.1) is 6.92 Å². The lowest BCUT2D eigenvalue weighted by atomic mass is 10.6. The van der Waals surface area contributed by atoms with Crippen LogP contribution in [0.5, 0.6) is 0 Å². The van der Waals surface area contributed by atoms with Crippen LogP contribution in [0.25, 0.3) is 0 Å². The van der Waals surface area contributed by atoms with Crippen LogP contribution >= 0.6 is 0 Å². The molecule has 0 unspecified atom stereocenters. The van der Waals surface area contributed by atoms with Gasteiger partial charge < -0.3 is 0 Å². The topological polar surface area (TPSA) is 47.8 Å². The van der Waals surface area contributed by atoms with E-state index in [1.165, 1.54) is 10.8 Å². The molecular formula is C5H7N3O. The molecule has 4 nitrogen and oxygen atoms in total. The normalized spacial score (nSPS) is 9.56. The van der Waals surface area contributed by atoms with Crippen molar-refractivity contribution in [1.82, 2.24) is 14.8 Å². The van der Waals surface area contributed by atoms with Gasteiger partial charge in [0.15, 0.2) is 0 Å². The van der Waals surface area contributed by atoms with Gasteiger partial charge in [0.05, 0.1) is 0 Å². The second-order valence-electron chi connectivity index (χ2n) is 1.79. The minimum Gasteiger partial charge on any atom is -0.297 e. The van der Waals surface area contributed by atoms with Crippen molar-refractivity contribution < 1.29 is 0 Å². The van der Waals surface area contributed by atoms with Crippen molar-refractivity contribution in [2.75, 3.05) is 0 Å². The molecule has 0 aliphatic carbocycles. The van der Waals surface area contributed by atoms with Crippen LogP contribution < -0.4 is 5.56 Å². The second kappa shape index (κ2) is 1.97. The fourth-order valence-electron chi connectivity index (χ4n) is 0.475. The maximum atomic E-state index is 10.7. The third-order valence-electron chi connectivity index (χ3n) is 1.19. The summed E-state index contributed by atoms with van der Waals surface area (Å²) in [6.07, 6.45) is 1.19. The molecule has 0 aromatic carbocycles. The van der Waals surface area contributed by atoms with E-state index < -0.39 is 0 Å². The molecule has 1 heterocycles. The van der Waals surface area contributed by atoms with Crippen LogP contribution in [0.2, 0.25) is 0 Å². The minimum atomic E-state index is -0.123. The van der Waals surface area contributed by atoms with E-state index in [-0.39, 0.29) is 5.56 Å². The molecule has 0 bridgehead atoms. The van der Waals surface area contributed by atoms with Gasteiger partial charge in [0, 0.05) is 7.05 Å². The molecule has 0 saturated heterocycles. The van der Waals surface area contributed by atoms with Gasteiger partial charge in [-0.2, -0.15) is 5.10 Å². The van der Waals surface area contributed by atoms with Crippen molar-refractivity contribution >= 4 is 0 Å². The predicted octanol–water partition coefficient (Wildman–Crippen LogP) is -0.516. The lowest BCUT2D eigenvalue weighted by Gasteiger charge is -1.95. The summed E-state index contributed by atoms with van der Waals surface area (Å²) in [5, 5.41) is 7.11. The Balaban J connectivity index is 3.43. The Bertz CT molecular complexity index is 265. The zero-order valence-corrected chi connectivity index (χ0v) is 5.33. The van der Waals surface area contributed by atoms with Crippen molar-refractivity contribution in [2.24, 2.45) is 7.05 Å². The molecule has 1 aromatic heterocycles. The molecule has 0 fully saturated rings. The first kappa shape index (κ1) is 5.94. The first-order chi connectivity index (χ1) is 4.22. The van der Waals surface area contributed by atoms with Crippen LogP contribution in [0.3, 0.4) is 0 Å². The average Bonchev–Trinajstić information content (AvgIpc) is 1.83. The Morgan fingerprint density at radius 2 is 2.33 bits per heavy atom. The van der Waals surface area contributed by atoms with Gasteiger partial charge in [-0.3, -0.25) is 9.36 Å². The Morgan fingerprint density at radius 1 is 1.67 bits per heavy atom. The molecule has 0 spiro atoms. The lowest BCUT2D eigenvalue weighted by molar-refractivity contribution is 0.727. The summed E-state index contributed by atoms with van der Waals surface area (Å²) in [6.45, 7) is 1.73. The average molecular weight is 125 g/mol. The monoisotopic (exact) mass is 125 g/mol. The van der Waals surface area contributed by atoms with E-state index in [0.29, 0.717) is 5.82 Å². The van der Waals surface area contributed by atoms with E-state index in [0.717, 1.165) is 0 Å². The number of aromatic nitrogens is 3. The van der Waals surface area contributed by atoms with Crippen molar-refractivity contribution in [1.29, 1.82) is 0 Å². The molecule has 0 amide bonds. The maximum absolute atomic E-state index is 10.7. The fourth-order valence-corrected chi connectivity index (χ4v) is 0.475. The number of aryl methyl sites for hydroxylation is 1. The molecule has 9 heavy (non-hydrogen) atoms. The van der Waals surface area contributed by atoms with Gasteiger partial charge in [-0.05, 0) is 6.92 Å². The third-order valence-corrected chi connectivity index (χ3v) is 1.19. The number of nitrogens with zero attached hydrogens (tertiary/aromatic N) is 3. The number of hydrogen-bond donors (Lipinski definition) is 0. The summed E-state index contributed by atoms with van der Waals surface area (Å²) in [4.78, 5) is 10.7. The van der Waals surface area contributed by atoms with Crippen molar-refractivity contribution in [3.63, 3.8) is 0 Å². The van der Waals surface area contributed by atoms with Gasteiger partial charge >= 0.3 is 0 Å². The van der Waals surface area contributed by atoms with Crippen molar-refractivity contribution in [3.8, 4) is 0 Å². The van der Waals surface area contributed by atoms with E-state index in [1.807, 2.05) is 0 Å². The Hall–Kier alpha value is -1.19. The largest absolute Gasteiger partial charge is 0.297 e. The van der Waals surface area contributed by atoms with Crippen LogP contribution in [0.1, 0.15) is 5.82 Å². The molecule has 1 rings (SSSR count). The summed E-state index contributed by atoms with van der Waals surface area (Å²) in [5.41, 5.74) is -0.123. The highest BCUT2D eigenvalue weighted by Gasteiger charge is 1.91. The highest BCUT2D eigenvalue weighted by Crippen LogP contribution is 1.77. The summed E-state index contributed by atoms with van der Waals surface area (Å²) < 4.78 is 1.44. The Kier molecular flexibility index (Phi) is 1.30.